The van der Waals surface area contributed by atoms with E-state index in [-0.39, 0.29) is 42.3 Å². The van der Waals surface area contributed by atoms with Crippen LogP contribution in [-0.4, -0.2) is 55.6 Å². The highest BCUT2D eigenvalue weighted by Crippen LogP contribution is 2.36. The van der Waals surface area contributed by atoms with Crippen molar-refractivity contribution in [2.45, 2.75) is 26.7 Å². The largest absolute Gasteiger partial charge is 0.466 e. The molecule has 32 heavy (non-hydrogen) atoms. The average molecular weight is 463 g/mol. The number of carbonyl (C=O) groups is 3. The van der Waals surface area contributed by atoms with E-state index < -0.39 is 5.97 Å². The van der Waals surface area contributed by atoms with Crippen LogP contribution < -0.4 is 5.32 Å². The molecule has 7 nitrogen and oxygen atoms in total. The Labute approximate surface area is 190 Å². The molecule has 1 amide bonds. The highest BCUT2D eigenvalue weighted by molar-refractivity contribution is 7.15. The molecule has 1 aromatic carbocycles. The Balaban J connectivity index is 1.67. The molecule has 0 aliphatic carbocycles. The molecule has 1 aromatic heterocycles. The lowest BCUT2D eigenvalue weighted by atomic mass is 9.97. The second-order valence-electron chi connectivity index (χ2n) is 7.43. The molecule has 0 radical (unpaired) electrons. The van der Waals surface area contributed by atoms with Crippen molar-refractivity contribution < 1.29 is 28.2 Å². The standard InChI is InChI=1S/C23H27FN2O5S/c1-3-30-22(28)16-9-11-26(12-10-16)13-19(27)25-21-20(23(29)31-4-2)18(14-32-21)15-5-7-17(24)8-6-15/h5-8,14,16H,3-4,9-13H2,1-2H3,(H,25,27). The molecule has 1 N–H and O–H groups in total. The topological polar surface area (TPSA) is 84.9 Å². The lowest BCUT2D eigenvalue weighted by Crippen LogP contribution is -2.41. The Bertz CT molecular complexity index is 952. The number of thiophene rings is 1. The van der Waals surface area contributed by atoms with Crippen LogP contribution in [0.5, 0.6) is 0 Å². The van der Waals surface area contributed by atoms with Crippen LogP contribution in [0.2, 0.25) is 0 Å². The molecule has 1 fully saturated rings. The first-order chi connectivity index (χ1) is 15.4. The molecule has 0 atom stereocenters. The summed E-state index contributed by atoms with van der Waals surface area (Å²) in [4.78, 5) is 39.2. The van der Waals surface area contributed by atoms with E-state index in [0.717, 1.165) is 0 Å². The van der Waals surface area contributed by atoms with E-state index in [2.05, 4.69) is 5.32 Å². The number of likely N-dealkylation sites (tertiary alicyclic amines) is 1. The molecule has 0 bridgehead atoms. The van der Waals surface area contributed by atoms with Crippen LogP contribution in [0.1, 0.15) is 37.0 Å². The summed E-state index contributed by atoms with van der Waals surface area (Å²) in [6, 6.07) is 5.80. The molecule has 9 heteroatoms. The zero-order chi connectivity index (χ0) is 23.1. The fraction of sp³-hybridized carbons (Fsp3) is 0.435. The highest BCUT2D eigenvalue weighted by atomic mass is 32.1. The van der Waals surface area contributed by atoms with Gasteiger partial charge in [-0.15, -0.1) is 11.3 Å². The van der Waals surface area contributed by atoms with Crippen molar-refractivity contribution >= 4 is 34.2 Å². The van der Waals surface area contributed by atoms with Crippen LogP contribution in [0.4, 0.5) is 9.39 Å². The number of halogens is 1. The van der Waals surface area contributed by atoms with Crippen molar-refractivity contribution in [2.24, 2.45) is 5.92 Å². The van der Waals surface area contributed by atoms with Crippen LogP contribution >= 0.6 is 11.3 Å². The van der Waals surface area contributed by atoms with Gasteiger partial charge in [-0.1, -0.05) is 12.1 Å². The minimum Gasteiger partial charge on any atom is -0.466 e. The third-order valence-electron chi connectivity index (χ3n) is 5.25. The third kappa shape index (κ3) is 5.92. The molecule has 0 spiro atoms. The molecule has 2 heterocycles. The summed E-state index contributed by atoms with van der Waals surface area (Å²) in [5.74, 6) is -1.47. The van der Waals surface area contributed by atoms with Gasteiger partial charge in [-0.05, 0) is 57.5 Å². The predicted octanol–water partition coefficient (Wildman–Crippen LogP) is 3.94. The molecule has 1 aliphatic rings. The fourth-order valence-electron chi connectivity index (χ4n) is 3.65. The zero-order valence-electron chi connectivity index (χ0n) is 18.2. The summed E-state index contributed by atoms with van der Waals surface area (Å²) >= 11 is 1.22. The second kappa shape index (κ2) is 11.2. The van der Waals surface area contributed by atoms with Gasteiger partial charge in [-0.3, -0.25) is 14.5 Å². The first-order valence-electron chi connectivity index (χ1n) is 10.7. The number of amides is 1. The van der Waals surface area contributed by atoms with E-state index in [9.17, 15) is 18.8 Å². The number of benzene rings is 1. The maximum atomic E-state index is 13.3. The van der Waals surface area contributed by atoms with Crippen LogP contribution in [0, 0.1) is 11.7 Å². The fourth-order valence-corrected chi connectivity index (χ4v) is 4.63. The summed E-state index contributed by atoms with van der Waals surface area (Å²) in [6.45, 7) is 5.45. The van der Waals surface area contributed by atoms with Gasteiger partial charge in [0.15, 0.2) is 0 Å². The number of nitrogens with zero attached hydrogens (tertiary/aromatic N) is 1. The number of esters is 2. The minimum absolute atomic E-state index is 0.125. The molecule has 1 saturated heterocycles. The summed E-state index contributed by atoms with van der Waals surface area (Å²) < 4.78 is 23.6. The van der Waals surface area contributed by atoms with E-state index in [1.54, 1.807) is 31.4 Å². The van der Waals surface area contributed by atoms with E-state index in [4.69, 9.17) is 9.47 Å². The van der Waals surface area contributed by atoms with Crippen molar-refractivity contribution in [1.29, 1.82) is 0 Å². The smallest absolute Gasteiger partial charge is 0.341 e. The second-order valence-corrected chi connectivity index (χ2v) is 8.31. The van der Waals surface area contributed by atoms with Gasteiger partial charge in [0.2, 0.25) is 5.91 Å². The Morgan fingerprint density at radius 2 is 1.75 bits per heavy atom. The number of hydrogen-bond acceptors (Lipinski definition) is 7. The van der Waals surface area contributed by atoms with Gasteiger partial charge >= 0.3 is 11.9 Å². The molecule has 1 aliphatic heterocycles. The van der Waals surface area contributed by atoms with Gasteiger partial charge in [-0.25, -0.2) is 9.18 Å². The molecule has 0 saturated carbocycles. The van der Waals surface area contributed by atoms with Crippen molar-refractivity contribution in [2.75, 3.05) is 38.2 Å². The Morgan fingerprint density at radius 3 is 2.38 bits per heavy atom. The number of piperidine rings is 1. The number of hydrogen-bond donors (Lipinski definition) is 1. The van der Waals surface area contributed by atoms with E-state index in [1.165, 1.54) is 23.5 Å². The van der Waals surface area contributed by atoms with Gasteiger partial charge in [0.25, 0.3) is 0 Å². The lowest BCUT2D eigenvalue weighted by molar-refractivity contribution is -0.149. The number of rotatable bonds is 8. The monoisotopic (exact) mass is 462 g/mol. The van der Waals surface area contributed by atoms with Crippen molar-refractivity contribution in [3.8, 4) is 11.1 Å². The van der Waals surface area contributed by atoms with Crippen LogP contribution in [0.15, 0.2) is 29.6 Å². The normalized spacial score (nSPS) is 14.7. The molecular weight excluding hydrogens is 435 g/mol. The Kier molecular flexibility index (Phi) is 8.35. The van der Waals surface area contributed by atoms with Crippen molar-refractivity contribution in [3.63, 3.8) is 0 Å². The van der Waals surface area contributed by atoms with Crippen molar-refractivity contribution in [1.82, 2.24) is 4.90 Å². The summed E-state index contributed by atoms with van der Waals surface area (Å²) in [7, 11) is 0. The number of anilines is 1. The van der Waals surface area contributed by atoms with E-state index in [1.807, 2.05) is 4.90 Å². The predicted molar refractivity (Wildman–Crippen MR) is 120 cm³/mol. The van der Waals surface area contributed by atoms with E-state index >= 15 is 0 Å². The van der Waals surface area contributed by atoms with Crippen LogP contribution in [-0.2, 0) is 19.1 Å². The van der Waals surface area contributed by atoms with Gasteiger partial charge in [0.05, 0.1) is 25.7 Å². The van der Waals surface area contributed by atoms with Gasteiger partial charge in [0, 0.05) is 10.9 Å². The average Bonchev–Trinajstić information content (AvgIpc) is 3.18. The first-order valence-corrected chi connectivity index (χ1v) is 11.5. The molecular formula is C23H27FN2O5S. The lowest BCUT2D eigenvalue weighted by Gasteiger charge is -2.30. The molecule has 2 aromatic rings. The summed E-state index contributed by atoms with van der Waals surface area (Å²) in [5, 5.41) is 4.97. The van der Waals surface area contributed by atoms with Crippen LogP contribution in [0.3, 0.4) is 0 Å². The molecule has 0 unspecified atom stereocenters. The van der Waals surface area contributed by atoms with Gasteiger partial charge < -0.3 is 14.8 Å². The molecule has 172 valence electrons. The Hall–Kier alpha value is -2.78. The first kappa shape index (κ1) is 23.9. The third-order valence-corrected chi connectivity index (χ3v) is 6.15. The van der Waals surface area contributed by atoms with Crippen LogP contribution in [0.25, 0.3) is 11.1 Å². The Morgan fingerprint density at radius 1 is 1.09 bits per heavy atom. The maximum Gasteiger partial charge on any atom is 0.341 e. The number of nitrogens with one attached hydrogen (secondary N) is 1. The van der Waals surface area contributed by atoms with Crippen molar-refractivity contribution in [3.05, 3.63) is 41.0 Å². The summed E-state index contributed by atoms with van der Waals surface area (Å²) in [6.07, 6.45) is 1.29. The number of carbonyl (C=O) groups excluding carboxylic acids is 3. The SMILES string of the molecule is CCOC(=O)c1c(-c2ccc(F)cc2)csc1NC(=O)CN1CCC(C(=O)OCC)CC1. The minimum atomic E-state index is -0.543. The number of ether oxygens (including phenoxy) is 2. The maximum absolute atomic E-state index is 13.3. The van der Waals surface area contributed by atoms with Gasteiger partial charge in [-0.2, -0.15) is 0 Å². The zero-order valence-corrected chi connectivity index (χ0v) is 19.0. The quantitative estimate of drug-likeness (QED) is 0.598. The highest BCUT2D eigenvalue weighted by Gasteiger charge is 2.28. The van der Waals surface area contributed by atoms with Gasteiger partial charge in [0.1, 0.15) is 16.4 Å². The van der Waals surface area contributed by atoms with E-state index in [0.29, 0.717) is 48.7 Å². The molecule has 3 rings (SSSR count). The summed E-state index contributed by atoms with van der Waals surface area (Å²) in [5.41, 5.74) is 1.50.